The molecule has 10 heavy (non-hydrogen) atoms. The van der Waals surface area contributed by atoms with Crippen molar-refractivity contribution in [2.75, 3.05) is 19.7 Å². The first kappa shape index (κ1) is 7.72. The van der Waals surface area contributed by atoms with Crippen molar-refractivity contribution < 1.29 is 4.84 Å². The molecule has 1 unspecified atom stereocenters. The van der Waals surface area contributed by atoms with E-state index in [9.17, 15) is 0 Å². The average Bonchev–Trinajstić information content (AvgIpc) is 2.41. The van der Waals surface area contributed by atoms with E-state index in [1.54, 1.807) is 6.08 Å². The summed E-state index contributed by atoms with van der Waals surface area (Å²) in [5.74, 6) is 0. The van der Waals surface area contributed by atoms with Crippen molar-refractivity contribution in [3.8, 4) is 0 Å². The number of hydrogen-bond acceptors (Lipinski definition) is 3. The maximum absolute atomic E-state index is 5.06. The molecule has 0 aliphatic carbocycles. The highest BCUT2D eigenvalue weighted by Gasteiger charge is 2.12. The van der Waals surface area contributed by atoms with Gasteiger partial charge in [-0.1, -0.05) is 6.08 Å². The van der Waals surface area contributed by atoms with Crippen LogP contribution in [-0.2, 0) is 4.84 Å². The van der Waals surface area contributed by atoms with Crippen LogP contribution in [0.4, 0.5) is 0 Å². The van der Waals surface area contributed by atoms with E-state index in [1.807, 2.05) is 0 Å². The Morgan fingerprint density at radius 3 is 3.30 bits per heavy atom. The van der Waals surface area contributed by atoms with E-state index < -0.39 is 0 Å². The molecule has 2 N–H and O–H groups in total. The molecule has 0 aromatic heterocycles. The maximum atomic E-state index is 5.06. The lowest BCUT2D eigenvalue weighted by Crippen LogP contribution is -2.31. The Balaban J connectivity index is 1.96. The molecule has 0 spiro atoms. The predicted molar refractivity (Wildman–Crippen MR) is 40.6 cm³/mol. The second kappa shape index (κ2) is 4.44. The van der Waals surface area contributed by atoms with Gasteiger partial charge in [0.15, 0.2) is 0 Å². The largest absolute Gasteiger partial charge is 0.315 e. The Bertz CT molecular complexity index is 99.8. The van der Waals surface area contributed by atoms with Gasteiger partial charge in [0.25, 0.3) is 0 Å². The van der Waals surface area contributed by atoms with Crippen LogP contribution in [0.25, 0.3) is 0 Å². The van der Waals surface area contributed by atoms with E-state index in [1.165, 1.54) is 0 Å². The average molecular weight is 142 g/mol. The zero-order valence-electron chi connectivity index (χ0n) is 6.10. The summed E-state index contributed by atoms with van der Waals surface area (Å²) in [4.78, 5) is 5.06. The Morgan fingerprint density at radius 2 is 2.70 bits per heavy atom. The third-order valence-electron chi connectivity index (χ3n) is 1.51. The van der Waals surface area contributed by atoms with E-state index in [0.717, 1.165) is 19.5 Å². The molecule has 3 heteroatoms. The number of nitrogens with one attached hydrogen (secondary N) is 2. The van der Waals surface area contributed by atoms with E-state index in [4.69, 9.17) is 4.84 Å². The third-order valence-corrected chi connectivity index (χ3v) is 1.51. The van der Waals surface area contributed by atoms with Crippen LogP contribution in [0.3, 0.4) is 0 Å². The Labute approximate surface area is 61.4 Å². The van der Waals surface area contributed by atoms with Gasteiger partial charge in [-0.3, -0.25) is 4.84 Å². The lowest BCUT2D eigenvalue weighted by atomic mass is 10.3. The van der Waals surface area contributed by atoms with E-state index in [-0.39, 0.29) is 0 Å². The summed E-state index contributed by atoms with van der Waals surface area (Å²) in [6.07, 6.45) is 2.88. The minimum absolute atomic E-state index is 0.486. The molecule has 0 aromatic carbocycles. The van der Waals surface area contributed by atoms with Crippen molar-refractivity contribution in [3.63, 3.8) is 0 Å². The molecule has 58 valence electrons. The molecule has 1 atom stereocenters. The predicted octanol–water partition coefficient (Wildman–Crippen LogP) is 0.0555. The van der Waals surface area contributed by atoms with Gasteiger partial charge in [-0.2, -0.15) is 5.48 Å². The first-order valence-corrected chi connectivity index (χ1v) is 3.62. The summed E-state index contributed by atoms with van der Waals surface area (Å²) in [5, 5.41) is 3.23. The fraction of sp³-hybridized carbons (Fsp3) is 0.714. The van der Waals surface area contributed by atoms with Gasteiger partial charge in [-0.05, 0) is 13.0 Å². The van der Waals surface area contributed by atoms with E-state index >= 15 is 0 Å². The quantitative estimate of drug-likeness (QED) is 0.331. The summed E-state index contributed by atoms with van der Waals surface area (Å²) in [6.45, 7) is 6.23. The van der Waals surface area contributed by atoms with Gasteiger partial charge in [0.2, 0.25) is 0 Å². The van der Waals surface area contributed by atoms with Gasteiger partial charge in [0.1, 0.15) is 0 Å². The van der Waals surface area contributed by atoms with Crippen molar-refractivity contribution in [1.82, 2.24) is 10.8 Å². The van der Waals surface area contributed by atoms with Gasteiger partial charge in [-0.15, -0.1) is 6.58 Å². The first-order chi connectivity index (χ1) is 4.93. The van der Waals surface area contributed by atoms with E-state index in [0.29, 0.717) is 12.6 Å². The second-order valence-corrected chi connectivity index (χ2v) is 2.41. The Morgan fingerprint density at radius 1 is 1.80 bits per heavy atom. The minimum Gasteiger partial charge on any atom is -0.315 e. The number of hydrogen-bond donors (Lipinski definition) is 2. The summed E-state index contributed by atoms with van der Waals surface area (Å²) < 4.78 is 0. The molecule has 0 radical (unpaired) electrons. The van der Waals surface area contributed by atoms with Crippen LogP contribution in [0.15, 0.2) is 12.7 Å². The highest BCUT2D eigenvalue weighted by molar-refractivity contribution is 4.74. The number of rotatable bonds is 4. The van der Waals surface area contributed by atoms with Crippen LogP contribution in [0.1, 0.15) is 6.42 Å². The Hall–Kier alpha value is -0.380. The lowest BCUT2D eigenvalue weighted by molar-refractivity contribution is 0.0399. The van der Waals surface area contributed by atoms with Crippen LogP contribution in [-0.4, -0.2) is 25.7 Å². The van der Waals surface area contributed by atoms with Crippen molar-refractivity contribution in [2.45, 2.75) is 12.5 Å². The second-order valence-electron chi connectivity index (χ2n) is 2.41. The normalized spacial score (nSPS) is 25.0. The highest BCUT2D eigenvalue weighted by Crippen LogP contribution is 1.95. The third kappa shape index (κ3) is 2.47. The van der Waals surface area contributed by atoms with Crippen LogP contribution < -0.4 is 10.8 Å². The maximum Gasteiger partial charge on any atom is 0.0861 e. The van der Waals surface area contributed by atoms with E-state index in [2.05, 4.69) is 17.4 Å². The summed E-state index contributed by atoms with van der Waals surface area (Å²) in [5.41, 5.74) is 2.95. The zero-order chi connectivity index (χ0) is 7.23. The van der Waals surface area contributed by atoms with Crippen molar-refractivity contribution in [1.29, 1.82) is 0 Å². The molecule has 1 aliphatic rings. The molecule has 1 fully saturated rings. The van der Waals surface area contributed by atoms with Gasteiger partial charge in [0, 0.05) is 12.6 Å². The zero-order valence-corrected chi connectivity index (χ0v) is 6.10. The van der Waals surface area contributed by atoms with Crippen molar-refractivity contribution >= 4 is 0 Å². The summed E-state index contributed by atoms with van der Waals surface area (Å²) >= 11 is 0. The Kier molecular flexibility index (Phi) is 3.43. The highest BCUT2D eigenvalue weighted by atomic mass is 16.6. The van der Waals surface area contributed by atoms with Gasteiger partial charge in [0.05, 0.1) is 6.61 Å². The first-order valence-electron chi connectivity index (χ1n) is 3.62. The molecule has 3 nitrogen and oxygen atoms in total. The molecule has 1 rings (SSSR count). The molecular formula is C7H14N2O. The van der Waals surface area contributed by atoms with Crippen molar-refractivity contribution in [2.24, 2.45) is 0 Å². The van der Waals surface area contributed by atoms with Crippen LogP contribution >= 0.6 is 0 Å². The standard InChI is InChI=1S/C7H14N2O/c1-2-5-10-9-7-3-4-8-6-7/h2,7-9H,1,3-6H2. The fourth-order valence-electron chi connectivity index (χ4n) is 0.980. The summed E-state index contributed by atoms with van der Waals surface area (Å²) in [6, 6.07) is 0.486. The molecule has 1 heterocycles. The molecule has 0 amide bonds. The minimum atomic E-state index is 0.486. The molecule has 1 saturated heterocycles. The van der Waals surface area contributed by atoms with Gasteiger partial charge >= 0.3 is 0 Å². The van der Waals surface area contributed by atoms with Crippen LogP contribution in [0.5, 0.6) is 0 Å². The SMILES string of the molecule is C=CCONC1CCNC1. The fourth-order valence-corrected chi connectivity index (χ4v) is 0.980. The summed E-state index contributed by atoms with van der Waals surface area (Å²) in [7, 11) is 0. The number of hydroxylamine groups is 1. The van der Waals surface area contributed by atoms with Crippen LogP contribution in [0.2, 0.25) is 0 Å². The van der Waals surface area contributed by atoms with Gasteiger partial charge in [-0.25, -0.2) is 0 Å². The molecule has 0 bridgehead atoms. The molecular weight excluding hydrogens is 128 g/mol. The monoisotopic (exact) mass is 142 g/mol. The molecule has 0 aromatic rings. The topological polar surface area (TPSA) is 33.3 Å². The smallest absolute Gasteiger partial charge is 0.0861 e. The molecule has 1 aliphatic heterocycles. The molecule has 0 saturated carbocycles. The lowest BCUT2D eigenvalue weighted by Gasteiger charge is -2.08. The van der Waals surface area contributed by atoms with Gasteiger partial charge < -0.3 is 5.32 Å². The van der Waals surface area contributed by atoms with Crippen molar-refractivity contribution in [3.05, 3.63) is 12.7 Å². The van der Waals surface area contributed by atoms with Crippen LogP contribution in [0, 0.1) is 0 Å².